The molecule has 0 unspecified atom stereocenters. The first kappa shape index (κ1) is 7.86. The maximum atomic E-state index is 11.3. The maximum Gasteiger partial charge on any atom is 0.317 e. The number of piperazine rings is 1. The van der Waals surface area contributed by atoms with Crippen molar-refractivity contribution < 1.29 is 4.79 Å². The van der Waals surface area contributed by atoms with Gasteiger partial charge in [-0.3, -0.25) is 0 Å². The normalized spacial score (nSPS) is 31.2. The molecule has 0 aromatic rings. The first-order valence-electron chi connectivity index (χ1n) is 4.50. The quantitative estimate of drug-likeness (QED) is 0.541. The van der Waals surface area contributed by atoms with E-state index in [-0.39, 0.29) is 6.03 Å². The topological polar surface area (TPSA) is 35.6 Å². The van der Waals surface area contributed by atoms with E-state index < -0.39 is 0 Å². The fourth-order valence-electron chi connectivity index (χ4n) is 1.97. The fraction of sp³-hybridized carbons (Fsp3) is 0.875. The highest BCUT2D eigenvalue weighted by Crippen LogP contribution is 2.14. The minimum atomic E-state index is 0.124. The third-order valence-corrected chi connectivity index (χ3v) is 2.70. The molecule has 2 saturated heterocycles. The molecule has 0 aliphatic carbocycles. The molecule has 1 N–H and O–H groups in total. The van der Waals surface area contributed by atoms with Crippen LogP contribution in [0.4, 0.5) is 4.79 Å². The highest BCUT2D eigenvalue weighted by molar-refractivity contribution is 5.75. The van der Waals surface area contributed by atoms with E-state index in [4.69, 9.17) is 0 Å². The summed E-state index contributed by atoms with van der Waals surface area (Å²) >= 11 is 0. The number of nitrogens with one attached hydrogen (secondary N) is 1. The molecular weight excluding hydrogens is 154 g/mol. The number of amides is 2. The zero-order valence-electron chi connectivity index (χ0n) is 7.42. The van der Waals surface area contributed by atoms with Crippen LogP contribution in [0.2, 0.25) is 0 Å². The van der Waals surface area contributed by atoms with Gasteiger partial charge in [-0.05, 0) is 13.5 Å². The van der Waals surface area contributed by atoms with Crippen LogP contribution >= 0.6 is 0 Å². The Morgan fingerprint density at radius 1 is 1.50 bits per heavy atom. The van der Waals surface area contributed by atoms with Crippen LogP contribution in [0, 0.1) is 0 Å². The zero-order chi connectivity index (χ0) is 8.55. The van der Waals surface area contributed by atoms with Gasteiger partial charge in [-0.15, -0.1) is 0 Å². The molecule has 0 aromatic carbocycles. The number of hydrogen-bond donors (Lipinski definition) is 1. The van der Waals surface area contributed by atoms with Gasteiger partial charge in [-0.1, -0.05) is 0 Å². The number of likely N-dealkylation sites (N-methyl/N-ethyl adjacent to an activating group) is 1. The summed E-state index contributed by atoms with van der Waals surface area (Å²) in [6.07, 6.45) is 1.09. The van der Waals surface area contributed by atoms with Gasteiger partial charge in [0.15, 0.2) is 0 Å². The smallest absolute Gasteiger partial charge is 0.317 e. The summed E-state index contributed by atoms with van der Waals surface area (Å²) < 4.78 is 0. The lowest BCUT2D eigenvalue weighted by Crippen LogP contribution is -2.60. The van der Waals surface area contributed by atoms with Crippen LogP contribution in [-0.2, 0) is 0 Å². The van der Waals surface area contributed by atoms with Gasteiger partial charge in [0.05, 0.1) is 0 Å². The zero-order valence-corrected chi connectivity index (χ0v) is 7.42. The van der Waals surface area contributed by atoms with Gasteiger partial charge in [-0.2, -0.15) is 0 Å². The van der Waals surface area contributed by atoms with Gasteiger partial charge in [-0.25, -0.2) is 4.79 Å². The lowest BCUT2D eigenvalue weighted by atomic mass is 10.1. The van der Waals surface area contributed by atoms with Crippen LogP contribution in [0.25, 0.3) is 0 Å². The fourth-order valence-corrected chi connectivity index (χ4v) is 1.97. The van der Waals surface area contributed by atoms with E-state index in [1.54, 1.807) is 0 Å². The molecule has 2 aliphatic heterocycles. The monoisotopic (exact) mass is 169 g/mol. The second-order valence-corrected chi connectivity index (χ2v) is 3.63. The summed E-state index contributed by atoms with van der Waals surface area (Å²) in [4.78, 5) is 15.6. The first-order chi connectivity index (χ1) is 5.77. The molecule has 68 valence electrons. The Labute approximate surface area is 72.5 Å². The van der Waals surface area contributed by atoms with E-state index in [9.17, 15) is 4.79 Å². The van der Waals surface area contributed by atoms with Crippen molar-refractivity contribution in [1.82, 2.24) is 15.1 Å². The van der Waals surface area contributed by atoms with Crippen LogP contribution in [-0.4, -0.2) is 55.1 Å². The summed E-state index contributed by atoms with van der Waals surface area (Å²) in [5, 5.41) is 2.86. The molecule has 0 radical (unpaired) electrons. The van der Waals surface area contributed by atoms with Crippen LogP contribution in [0.3, 0.4) is 0 Å². The summed E-state index contributed by atoms with van der Waals surface area (Å²) in [5.41, 5.74) is 0. The molecule has 0 aromatic heterocycles. The third kappa shape index (κ3) is 1.27. The minimum absolute atomic E-state index is 0.124. The Balaban J connectivity index is 2.04. The molecule has 2 fully saturated rings. The number of urea groups is 1. The molecule has 0 bridgehead atoms. The molecule has 0 spiro atoms. The summed E-state index contributed by atoms with van der Waals surface area (Å²) in [6, 6.07) is 0.580. The molecule has 2 heterocycles. The molecular formula is C8H15N3O. The number of fused-ring (bicyclic) bond motifs is 1. The number of nitrogens with zero attached hydrogens (tertiary/aromatic N) is 2. The van der Waals surface area contributed by atoms with Crippen molar-refractivity contribution in [3.8, 4) is 0 Å². The maximum absolute atomic E-state index is 11.3. The van der Waals surface area contributed by atoms with Gasteiger partial charge in [0.25, 0.3) is 0 Å². The van der Waals surface area contributed by atoms with E-state index in [0.717, 1.165) is 32.6 Å². The lowest BCUT2D eigenvalue weighted by Gasteiger charge is -2.42. The van der Waals surface area contributed by atoms with Crippen molar-refractivity contribution in [2.75, 3.05) is 33.2 Å². The molecule has 12 heavy (non-hydrogen) atoms. The van der Waals surface area contributed by atoms with Crippen molar-refractivity contribution in [3.63, 3.8) is 0 Å². The molecule has 4 heteroatoms. The minimum Gasteiger partial charge on any atom is -0.338 e. The second-order valence-electron chi connectivity index (χ2n) is 3.63. The van der Waals surface area contributed by atoms with Crippen molar-refractivity contribution in [2.24, 2.45) is 0 Å². The summed E-state index contributed by atoms with van der Waals surface area (Å²) in [7, 11) is 2.11. The average Bonchev–Trinajstić information content (AvgIpc) is 2.04. The number of hydrogen-bond acceptors (Lipinski definition) is 2. The lowest BCUT2D eigenvalue weighted by molar-refractivity contribution is 0.0907. The molecule has 4 nitrogen and oxygen atoms in total. The van der Waals surface area contributed by atoms with Crippen LogP contribution < -0.4 is 5.32 Å². The number of rotatable bonds is 0. The first-order valence-corrected chi connectivity index (χ1v) is 4.50. The van der Waals surface area contributed by atoms with Gasteiger partial charge < -0.3 is 15.1 Å². The van der Waals surface area contributed by atoms with Gasteiger partial charge >= 0.3 is 6.03 Å². The molecule has 2 rings (SSSR count). The second kappa shape index (κ2) is 2.94. The van der Waals surface area contributed by atoms with Crippen molar-refractivity contribution in [3.05, 3.63) is 0 Å². The van der Waals surface area contributed by atoms with Crippen molar-refractivity contribution in [2.45, 2.75) is 12.5 Å². The molecule has 2 aliphatic rings. The Morgan fingerprint density at radius 3 is 3.17 bits per heavy atom. The van der Waals surface area contributed by atoms with E-state index >= 15 is 0 Å². The predicted molar refractivity (Wildman–Crippen MR) is 46.0 cm³/mol. The number of carbonyl (C=O) groups is 1. The van der Waals surface area contributed by atoms with E-state index in [1.807, 2.05) is 4.90 Å². The van der Waals surface area contributed by atoms with Gasteiger partial charge in [0, 0.05) is 32.2 Å². The Bertz CT molecular complexity index is 195. The van der Waals surface area contributed by atoms with Crippen LogP contribution in [0.15, 0.2) is 0 Å². The third-order valence-electron chi connectivity index (χ3n) is 2.70. The van der Waals surface area contributed by atoms with Crippen LogP contribution in [0.5, 0.6) is 0 Å². The SMILES string of the molecule is CN1CCN2C(=O)NCC[C@H]2C1. The van der Waals surface area contributed by atoms with Gasteiger partial charge in [0.1, 0.15) is 0 Å². The highest BCUT2D eigenvalue weighted by atomic mass is 16.2. The van der Waals surface area contributed by atoms with Crippen LogP contribution in [0.1, 0.15) is 6.42 Å². The standard InChI is InChI=1S/C8H15N3O/c1-10-4-5-11-7(6-10)2-3-9-8(11)12/h7H,2-6H2,1H3,(H,9,12)/t7-/m0/s1. The van der Waals surface area contributed by atoms with Crippen molar-refractivity contribution >= 4 is 6.03 Å². The number of carbonyl (C=O) groups excluding carboxylic acids is 1. The van der Waals surface area contributed by atoms with E-state index in [0.29, 0.717) is 6.04 Å². The predicted octanol–water partition coefficient (Wildman–Crippen LogP) is -0.284. The van der Waals surface area contributed by atoms with Gasteiger partial charge in [0.2, 0.25) is 0 Å². The largest absolute Gasteiger partial charge is 0.338 e. The Hall–Kier alpha value is -0.770. The highest BCUT2D eigenvalue weighted by Gasteiger charge is 2.31. The Morgan fingerprint density at radius 2 is 2.33 bits per heavy atom. The van der Waals surface area contributed by atoms with E-state index in [2.05, 4.69) is 17.3 Å². The Kier molecular flexibility index (Phi) is 1.92. The molecule has 1 atom stereocenters. The summed E-state index contributed by atoms with van der Waals surface area (Å²) in [6.45, 7) is 3.76. The average molecular weight is 169 g/mol. The van der Waals surface area contributed by atoms with E-state index in [1.165, 1.54) is 0 Å². The molecule has 2 amide bonds. The molecule has 0 saturated carbocycles. The summed E-state index contributed by atoms with van der Waals surface area (Å²) in [5.74, 6) is 0. The van der Waals surface area contributed by atoms with Crippen molar-refractivity contribution in [1.29, 1.82) is 0 Å².